The monoisotopic (exact) mass is 238 g/mol. The van der Waals surface area contributed by atoms with E-state index in [4.69, 9.17) is 16.0 Å². The van der Waals surface area contributed by atoms with Crippen molar-refractivity contribution < 1.29 is 10.3 Å². The second-order valence-corrected chi connectivity index (χ2v) is 3.98. The Morgan fingerprint density at radius 1 is 1.65 bits per heavy atom. The average Bonchev–Trinajstić information content (AvgIpc) is 2.37. The van der Waals surface area contributed by atoms with Gasteiger partial charge in [-0.15, -0.1) is 0 Å². The Hall–Kier alpha value is -1.66. The third-order valence-corrected chi connectivity index (χ3v) is 2.64. The second kappa shape index (κ2) is 6.17. The fourth-order valence-corrected chi connectivity index (χ4v) is 1.35. The molecule has 0 radical (unpaired) electrons. The fraction of sp³-hybridized carbons (Fsp3) is 0.455. The number of likely N-dealkylation sites (N-methyl/N-ethyl adjacent to an activating group) is 1. The molecule has 0 aromatic carbocycles. The minimum absolute atomic E-state index is 0.00953. The highest BCUT2D eigenvalue weighted by molar-refractivity contribution is 5.95. The van der Waals surface area contributed by atoms with Gasteiger partial charge < -0.3 is 16.0 Å². The molecule has 1 aromatic heterocycles. The molecule has 0 amide bonds. The summed E-state index contributed by atoms with van der Waals surface area (Å²) in [6.45, 7) is 2.70. The predicted molar refractivity (Wildman–Crippen MR) is 64.8 cm³/mol. The quantitative estimate of drug-likeness (QED) is 0.290. The van der Waals surface area contributed by atoms with Crippen LogP contribution < -0.4 is 5.73 Å². The van der Waals surface area contributed by atoms with E-state index in [9.17, 15) is 0 Å². The maximum absolute atomic E-state index is 9.04. The van der Waals surface area contributed by atoms with Crippen molar-refractivity contribution in [2.24, 2.45) is 10.9 Å². The first-order valence-corrected chi connectivity index (χ1v) is 5.32. The lowest BCUT2D eigenvalue weighted by atomic mass is 10.2. The molecule has 0 spiro atoms. The van der Waals surface area contributed by atoms with Crippen LogP contribution in [0.5, 0.6) is 0 Å². The number of aliphatic hydroxyl groups excluding tert-OH is 1. The van der Waals surface area contributed by atoms with Gasteiger partial charge in [0.25, 0.3) is 0 Å². The molecule has 1 aromatic rings. The fourth-order valence-electron chi connectivity index (χ4n) is 1.35. The third-order valence-electron chi connectivity index (χ3n) is 2.64. The molecular weight excluding hydrogens is 220 g/mol. The molecule has 4 N–H and O–H groups in total. The minimum Gasteiger partial charge on any atom is -0.409 e. The maximum Gasteiger partial charge on any atom is 0.188 e. The van der Waals surface area contributed by atoms with Gasteiger partial charge >= 0.3 is 0 Å². The zero-order chi connectivity index (χ0) is 12.8. The van der Waals surface area contributed by atoms with Crippen LogP contribution in [0.2, 0.25) is 0 Å². The zero-order valence-electron chi connectivity index (χ0n) is 10.0. The molecule has 1 atom stereocenters. The van der Waals surface area contributed by atoms with Crippen LogP contribution in [-0.2, 0) is 6.54 Å². The van der Waals surface area contributed by atoms with Gasteiger partial charge in [0.05, 0.1) is 6.61 Å². The maximum atomic E-state index is 9.04. The van der Waals surface area contributed by atoms with Gasteiger partial charge in [0.1, 0.15) is 5.69 Å². The SMILES string of the molecule is CC(CO)N(C)Cc1ccnc(/C(N)=N/O)c1. The first-order chi connectivity index (χ1) is 8.08. The van der Waals surface area contributed by atoms with Gasteiger partial charge in [-0.1, -0.05) is 5.16 Å². The summed E-state index contributed by atoms with van der Waals surface area (Å²) >= 11 is 0. The number of aromatic nitrogens is 1. The normalized spacial score (nSPS) is 14.0. The van der Waals surface area contributed by atoms with Crippen LogP contribution in [0.3, 0.4) is 0 Å². The molecule has 0 bridgehead atoms. The number of rotatable bonds is 5. The van der Waals surface area contributed by atoms with Crippen molar-refractivity contribution in [3.05, 3.63) is 29.6 Å². The van der Waals surface area contributed by atoms with Crippen LogP contribution in [-0.4, -0.2) is 45.7 Å². The lowest BCUT2D eigenvalue weighted by molar-refractivity contribution is 0.154. The van der Waals surface area contributed by atoms with Crippen molar-refractivity contribution in [3.8, 4) is 0 Å². The summed E-state index contributed by atoms with van der Waals surface area (Å²) in [5, 5.41) is 20.5. The molecular formula is C11H18N4O2. The number of amidine groups is 1. The van der Waals surface area contributed by atoms with Gasteiger partial charge in [0.15, 0.2) is 5.84 Å². The Morgan fingerprint density at radius 3 is 2.94 bits per heavy atom. The predicted octanol–water partition coefficient (Wildman–Crippen LogP) is -0.0113. The van der Waals surface area contributed by atoms with Gasteiger partial charge in [-0.2, -0.15) is 0 Å². The van der Waals surface area contributed by atoms with Crippen LogP contribution in [0.1, 0.15) is 18.2 Å². The summed E-state index contributed by atoms with van der Waals surface area (Å²) in [4.78, 5) is 6.00. The van der Waals surface area contributed by atoms with E-state index in [0.29, 0.717) is 12.2 Å². The van der Waals surface area contributed by atoms with Crippen molar-refractivity contribution in [2.45, 2.75) is 19.5 Å². The molecule has 1 heterocycles. The number of aliphatic hydroxyl groups is 1. The van der Waals surface area contributed by atoms with Crippen LogP contribution in [0.15, 0.2) is 23.5 Å². The van der Waals surface area contributed by atoms with E-state index in [2.05, 4.69) is 10.1 Å². The highest BCUT2D eigenvalue weighted by Gasteiger charge is 2.09. The van der Waals surface area contributed by atoms with Gasteiger partial charge in [0, 0.05) is 18.8 Å². The molecule has 1 unspecified atom stereocenters. The summed E-state index contributed by atoms with van der Waals surface area (Å²) < 4.78 is 0. The number of nitrogens with zero attached hydrogens (tertiary/aromatic N) is 3. The molecule has 17 heavy (non-hydrogen) atoms. The molecule has 0 saturated carbocycles. The average molecular weight is 238 g/mol. The first-order valence-electron chi connectivity index (χ1n) is 5.32. The highest BCUT2D eigenvalue weighted by Crippen LogP contribution is 2.07. The number of oxime groups is 1. The lowest BCUT2D eigenvalue weighted by Gasteiger charge is -2.22. The topological polar surface area (TPSA) is 95.0 Å². The van der Waals surface area contributed by atoms with Crippen molar-refractivity contribution in [3.63, 3.8) is 0 Å². The Labute approximate surface area is 100 Å². The minimum atomic E-state index is -0.00953. The smallest absolute Gasteiger partial charge is 0.188 e. The van der Waals surface area contributed by atoms with Crippen molar-refractivity contribution in [1.29, 1.82) is 0 Å². The summed E-state index contributed by atoms with van der Waals surface area (Å²) in [7, 11) is 1.92. The lowest BCUT2D eigenvalue weighted by Crippen LogP contribution is -2.31. The van der Waals surface area contributed by atoms with Crippen molar-refractivity contribution >= 4 is 5.84 Å². The van der Waals surface area contributed by atoms with Gasteiger partial charge in [-0.3, -0.25) is 9.88 Å². The molecule has 0 aliphatic heterocycles. The van der Waals surface area contributed by atoms with Crippen molar-refractivity contribution in [1.82, 2.24) is 9.88 Å². The van der Waals surface area contributed by atoms with Crippen LogP contribution in [0.25, 0.3) is 0 Å². The summed E-state index contributed by atoms with van der Waals surface area (Å²) in [5.74, 6) is -0.00953. The first kappa shape index (κ1) is 13.4. The van der Waals surface area contributed by atoms with E-state index < -0.39 is 0 Å². The standard InChI is InChI=1S/C11H18N4O2/c1-8(7-16)15(2)6-9-3-4-13-10(5-9)11(12)14-17/h3-5,8,16-17H,6-7H2,1-2H3,(H2,12,14). The van der Waals surface area contributed by atoms with E-state index in [1.165, 1.54) is 0 Å². The molecule has 0 aliphatic carbocycles. The summed E-state index contributed by atoms with van der Waals surface area (Å²) in [5.41, 5.74) is 6.89. The van der Waals surface area contributed by atoms with E-state index in [1.54, 1.807) is 12.3 Å². The van der Waals surface area contributed by atoms with Crippen molar-refractivity contribution in [2.75, 3.05) is 13.7 Å². The third kappa shape index (κ3) is 3.69. The molecule has 1 rings (SSSR count). The number of hydrogen-bond acceptors (Lipinski definition) is 5. The Morgan fingerprint density at radius 2 is 2.35 bits per heavy atom. The Bertz CT molecular complexity index is 395. The number of nitrogens with two attached hydrogens (primary N) is 1. The number of pyridine rings is 1. The van der Waals surface area contributed by atoms with E-state index in [-0.39, 0.29) is 18.5 Å². The summed E-state index contributed by atoms with van der Waals surface area (Å²) in [6, 6.07) is 3.69. The molecule has 6 heteroatoms. The Kier molecular flexibility index (Phi) is 4.86. The highest BCUT2D eigenvalue weighted by atomic mass is 16.4. The van der Waals surface area contributed by atoms with Gasteiger partial charge in [-0.25, -0.2) is 0 Å². The molecule has 94 valence electrons. The Balaban J connectivity index is 2.79. The largest absolute Gasteiger partial charge is 0.409 e. The van der Waals surface area contributed by atoms with E-state index >= 15 is 0 Å². The number of hydrogen-bond donors (Lipinski definition) is 3. The van der Waals surface area contributed by atoms with Crippen LogP contribution >= 0.6 is 0 Å². The molecule has 6 nitrogen and oxygen atoms in total. The van der Waals surface area contributed by atoms with Gasteiger partial charge in [-0.05, 0) is 31.7 Å². The molecule has 0 fully saturated rings. The van der Waals surface area contributed by atoms with Crippen LogP contribution in [0, 0.1) is 0 Å². The zero-order valence-corrected chi connectivity index (χ0v) is 10.0. The second-order valence-electron chi connectivity index (χ2n) is 3.98. The molecule has 0 aliphatic rings. The van der Waals surface area contributed by atoms with E-state index in [1.807, 2.05) is 24.9 Å². The summed E-state index contributed by atoms with van der Waals surface area (Å²) in [6.07, 6.45) is 1.61. The van der Waals surface area contributed by atoms with E-state index in [0.717, 1.165) is 5.56 Å². The molecule has 0 saturated heterocycles. The van der Waals surface area contributed by atoms with Crippen LogP contribution in [0.4, 0.5) is 0 Å². The van der Waals surface area contributed by atoms with Gasteiger partial charge in [0.2, 0.25) is 0 Å².